The van der Waals surface area contributed by atoms with Gasteiger partial charge in [-0.25, -0.2) is 0 Å². The predicted molar refractivity (Wildman–Crippen MR) is 85.6 cm³/mol. The average Bonchev–Trinajstić information content (AvgIpc) is 2.52. The van der Waals surface area contributed by atoms with Crippen molar-refractivity contribution < 1.29 is 14.6 Å². The van der Waals surface area contributed by atoms with Crippen molar-refractivity contribution in [1.29, 1.82) is 0 Å². The maximum Gasteiger partial charge on any atom is 0.254 e. The van der Waals surface area contributed by atoms with Crippen molar-refractivity contribution in [3.63, 3.8) is 0 Å². The largest absolute Gasteiger partial charge is 0.378 e. The molecular formula is C18H23NO3. The summed E-state index contributed by atoms with van der Waals surface area (Å²) in [5, 5.41) is 9.67. The number of morpholine rings is 1. The van der Waals surface area contributed by atoms with Crippen LogP contribution in [0.25, 0.3) is 0 Å². The van der Waals surface area contributed by atoms with Crippen molar-refractivity contribution in [3.8, 4) is 11.8 Å². The van der Waals surface area contributed by atoms with Gasteiger partial charge in [0.2, 0.25) is 0 Å². The maximum atomic E-state index is 12.7. The van der Waals surface area contributed by atoms with Crippen molar-refractivity contribution in [2.75, 3.05) is 19.8 Å². The van der Waals surface area contributed by atoms with Crippen LogP contribution in [0.4, 0.5) is 0 Å². The minimum Gasteiger partial charge on any atom is -0.378 e. The van der Waals surface area contributed by atoms with Crippen LogP contribution < -0.4 is 0 Å². The first-order valence-corrected chi connectivity index (χ1v) is 7.65. The summed E-state index contributed by atoms with van der Waals surface area (Å²) in [4.78, 5) is 14.6. The van der Waals surface area contributed by atoms with E-state index in [0.29, 0.717) is 25.3 Å². The zero-order valence-electron chi connectivity index (χ0n) is 13.4. The van der Waals surface area contributed by atoms with Crippen molar-refractivity contribution in [3.05, 3.63) is 35.4 Å². The van der Waals surface area contributed by atoms with Crippen LogP contribution >= 0.6 is 0 Å². The molecule has 1 atom stereocenters. The number of benzene rings is 1. The minimum atomic E-state index is -1.04. The van der Waals surface area contributed by atoms with E-state index < -0.39 is 5.60 Å². The van der Waals surface area contributed by atoms with Crippen LogP contribution in [-0.2, 0) is 4.74 Å². The first-order valence-electron chi connectivity index (χ1n) is 7.65. The summed E-state index contributed by atoms with van der Waals surface area (Å²) in [6.07, 6.45) is 0.879. The van der Waals surface area contributed by atoms with Gasteiger partial charge in [-0.05, 0) is 38.5 Å². The van der Waals surface area contributed by atoms with Gasteiger partial charge in [0.05, 0.1) is 19.3 Å². The van der Waals surface area contributed by atoms with Crippen LogP contribution in [0, 0.1) is 11.8 Å². The number of nitrogens with zero attached hydrogens (tertiary/aromatic N) is 1. The normalized spacial score (nSPS) is 18.5. The Morgan fingerprint density at radius 3 is 2.95 bits per heavy atom. The molecule has 1 N–H and O–H groups in total. The van der Waals surface area contributed by atoms with Gasteiger partial charge in [0.15, 0.2) is 0 Å². The van der Waals surface area contributed by atoms with Crippen molar-refractivity contribution in [1.82, 2.24) is 4.90 Å². The highest BCUT2D eigenvalue weighted by Gasteiger charge is 2.26. The highest BCUT2D eigenvalue weighted by Crippen LogP contribution is 2.15. The van der Waals surface area contributed by atoms with E-state index in [9.17, 15) is 9.90 Å². The summed E-state index contributed by atoms with van der Waals surface area (Å²) in [5.41, 5.74) is 0.314. The second-order valence-corrected chi connectivity index (χ2v) is 6.03. The minimum absolute atomic E-state index is 0.0158. The molecule has 0 aliphatic carbocycles. The fourth-order valence-corrected chi connectivity index (χ4v) is 2.38. The molecule has 1 fully saturated rings. The third-order valence-corrected chi connectivity index (χ3v) is 3.58. The molecule has 22 heavy (non-hydrogen) atoms. The first kappa shape index (κ1) is 16.5. The van der Waals surface area contributed by atoms with E-state index in [-0.39, 0.29) is 11.9 Å². The lowest BCUT2D eigenvalue weighted by Crippen LogP contribution is -2.48. The lowest BCUT2D eigenvalue weighted by atomic mass is 10.1. The number of rotatable bonds is 2. The molecule has 0 spiro atoms. The van der Waals surface area contributed by atoms with Crippen LogP contribution in [-0.4, -0.2) is 47.3 Å². The lowest BCUT2D eigenvalue weighted by molar-refractivity contribution is -0.00279. The standard InChI is InChI=1S/C18H23NO3/c1-4-16-13-22-11-10-19(16)17(20)15-7-5-6-14(12-15)8-9-18(2,3)21/h5-7,12,16,21H,4,10-11,13H2,1-3H3. The monoisotopic (exact) mass is 301 g/mol. The molecule has 0 saturated carbocycles. The Kier molecular flexibility index (Phi) is 5.23. The Balaban J connectivity index is 2.21. The summed E-state index contributed by atoms with van der Waals surface area (Å²) < 4.78 is 5.44. The molecule has 1 aliphatic heterocycles. The fourth-order valence-electron chi connectivity index (χ4n) is 2.38. The van der Waals surface area contributed by atoms with Gasteiger partial charge in [0.1, 0.15) is 5.60 Å². The Hall–Kier alpha value is -1.83. The number of aliphatic hydroxyl groups is 1. The molecule has 1 saturated heterocycles. The van der Waals surface area contributed by atoms with Gasteiger partial charge in [0.25, 0.3) is 5.91 Å². The molecule has 1 aliphatic rings. The summed E-state index contributed by atoms with van der Waals surface area (Å²) in [6.45, 7) is 7.13. The summed E-state index contributed by atoms with van der Waals surface area (Å²) in [7, 11) is 0. The third kappa shape index (κ3) is 4.33. The second kappa shape index (κ2) is 6.95. The van der Waals surface area contributed by atoms with Gasteiger partial charge in [-0.3, -0.25) is 4.79 Å². The highest BCUT2D eigenvalue weighted by atomic mass is 16.5. The van der Waals surface area contributed by atoms with Gasteiger partial charge in [0, 0.05) is 17.7 Å². The zero-order chi connectivity index (χ0) is 16.2. The van der Waals surface area contributed by atoms with Gasteiger partial charge in [-0.15, -0.1) is 0 Å². The van der Waals surface area contributed by atoms with Crippen LogP contribution in [0.2, 0.25) is 0 Å². The Morgan fingerprint density at radius 2 is 2.27 bits per heavy atom. The molecule has 0 bridgehead atoms. The van der Waals surface area contributed by atoms with E-state index in [2.05, 4.69) is 18.8 Å². The summed E-state index contributed by atoms with van der Waals surface area (Å²) >= 11 is 0. The Labute approximate surface area is 132 Å². The van der Waals surface area contributed by atoms with Crippen LogP contribution in [0.1, 0.15) is 43.1 Å². The van der Waals surface area contributed by atoms with E-state index in [0.717, 1.165) is 12.0 Å². The van der Waals surface area contributed by atoms with Crippen LogP contribution in [0.15, 0.2) is 24.3 Å². The Bertz CT molecular complexity index is 592. The van der Waals surface area contributed by atoms with Gasteiger partial charge >= 0.3 is 0 Å². The molecule has 4 heteroatoms. The molecule has 1 amide bonds. The number of hydrogen-bond acceptors (Lipinski definition) is 3. The van der Waals surface area contributed by atoms with E-state index in [1.165, 1.54) is 0 Å². The number of ether oxygens (including phenoxy) is 1. The molecule has 0 aromatic heterocycles. The fraction of sp³-hybridized carbons (Fsp3) is 0.500. The molecule has 1 unspecified atom stereocenters. The maximum absolute atomic E-state index is 12.7. The molecule has 1 aromatic rings. The number of amides is 1. The lowest BCUT2D eigenvalue weighted by Gasteiger charge is -2.35. The summed E-state index contributed by atoms with van der Waals surface area (Å²) in [5.74, 6) is 5.69. The van der Waals surface area contributed by atoms with E-state index in [1.807, 2.05) is 17.0 Å². The quantitative estimate of drug-likeness (QED) is 0.851. The molecule has 0 radical (unpaired) electrons. The molecular weight excluding hydrogens is 278 g/mol. The van der Waals surface area contributed by atoms with Crippen LogP contribution in [0.3, 0.4) is 0 Å². The van der Waals surface area contributed by atoms with E-state index >= 15 is 0 Å². The van der Waals surface area contributed by atoms with Gasteiger partial charge in [-0.1, -0.05) is 24.8 Å². The van der Waals surface area contributed by atoms with Gasteiger partial charge in [-0.2, -0.15) is 0 Å². The zero-order valence-corrected chi connectivity index (χ0v) is 13.4. The van der Waals surface area contributed by atoms with E-state index in [1.54, 1.807) is 26.0 Å². The van der Waals surface area contributed by atoms with Crippen molar-refractivity contribution in [2.45, 2.75) is 38.8 Å². The molecule has 1 heterocycles. The SMILES string of the molecule is CCC1COCCN1C(=O)c1cccc(C#CC(C)(C)O)c1. The van der Waals surface area contributed by atoms with E-state index in [4.69, 9.17) is 4.74 Å². The van der Waals surface area contributed by atoms with Crippen LogP contribution in [0.5, 0.6) is 0 Å². The number of hydrogen-bond donors (Lipinski definition) is 1. The molecule has 4 nitrogen and oxygen atoms in total. The third-order valence-electron chi connectivity index (χ3n) is 3.58. The number of carbonyl (C=O) groups excluding carboxylic acids is 1. The molecule has 2 rings (SSSR count). The Morgan fingerprint density at radius 1 is 1.50 bits per heavy atom. The molecule has 1 aromatic carbocycles. The highest BCUT2D eigenvalue weighted by molar-refractivity contribution is 5.94. The topological polar surface area (TPSA) is 49.8 Å². The van der Waals surface area contributed by atoms with Crippen molar-refractivity contribution >= 4 is 5.91 Å². The van der Waals surface area contributed by atoms with Gasteiger partial charge < -0.3 is 14.7 Å². The molecule has 118 valence electrons. The van der Waals surface area contributed by atoms with Crippen molar-refractivity contribution in [2.24, 2.45) is 0 Å². The second-order valence-electron chi connectivity index (χ2n) is 6.03. The predicted octanol–water partition coefficient (Wildman–Crippen LogP) is 2.06. The summed E-state index contributed by atoms with van der Waals surface area (Å²) in [6, 6.07) is 7.38. The smallest absolute Gasteiger partial charge is 0.254 e. The first-order chi connectivity index (χ1) is 10.4. The number of carbonyl (C=O) groups is 1. The average molecular weight is 301 g/mol.